The van der Waals surface area contributed by atoms with Crippen LogP contribution < -0.4 is 0 Å². The lowest BCUT2D eigenvalue weighted by Crippen LogP contribution is -2.28. The Morgan fingerprint density at radius 3 is 2.56 bits per heavy atom. The Hall–Kier alpha value is -1.69. The van der Waals surface area contributed by atoms with Gasteiger partial charge in [0.15, 0.2) is 9.84 Å². The molecule has 1 atom stereocenters. The van der Waals surface area contributed by atoms with Gasteiger partial charge in [0.2, 0.25) is 0 Å². The molecule has 1 aliphatic heterocycles. The minimum atomic E-state index is -3.31. The Kier molecular flexibility index (Phi) is 6.68. The number of hydrogen-bond donors (Lipinski definition) is 0. The first-order valence-electron chi connectivity index (χ1n) is 9.65. The Labute approximate surface area is 163 Å². The number of methoxy groups -OCH3 is 1. The Balaban J connectivity index is 1.69. The lowest BCUT2D eigenvalue weighted by atomic mass is 10.0. The van der Waals surface area contributed by atoms with Crippen molar-refractivity contribution in [2.75, 3.05) is 32.6 Å². The van der Waals surface area contributed by atoms with Crippen molar-refractivity contribution in [1.29, 1.82) is 0 Å². The van der Waals surface area contributed by atoms with Gasteiger partial charge in [-0.2, -0.15) is 0 Å². The van der Waals surface area contributed by atoms with Crippen molar-refractivity contribution in [2.24, 2.45) is 0 Å². The second-order valence-electron chi connectivity index (χ2n) is 7.31. The first-order chi connectivity index (χ1) is 13.0. The van der Waals surface area contributed by atoms with E-state index in [4.69, 9.17) is 4.74 Å². The third kappa shape index (κ3) is 5.18. The molecule has 0 radical (unpaired) electrons. The summed E-state index contributed by atoms with van der Waals surface area (Å²) in [5, 5.41) is 0. The third-order valence-corrected chi connectivity index (χ3v) is 7.09. The van der Waals surface area contributed by atoms with E-state index in [9.17, 15) is 8.42 Å². The summed E-state index contributed by atoms with van der Waals surface area (Å²) in [5.74, 6) is 0.000807. The first-order valence-corrected chi connectivity index (χ1v) is 11.3. The van der Waals surface area contributed by atoms with E-state index in [1.165, 1.54) is 32.1 Å². The minimum Gasteiger partial charge on any atom is -0.384 e. The molecule has 1 fully saturated rings. The highest BCUT2D eigenvalue weighted by Crippen LogP contribution is 2.24. The summed E-state index contributed by atoms with van der Waals surface area (Å²) in [7, 11) is -1.80. The maximum absolute atomic E-state index is 12.4. The van der Waals surface area contributed by atoms with Crippen molar-refractivity contribution >= 4 is 9.84 Å². The average molecular weight is 388 g/mol. The van der Waals surface area contributed by atoms with Crippen LogP contribution in [0.3, 0.4) is 0 Å². The van der Waals surface area contributed by atoms with Gasteiger partial charge >= 0.3 is 0 Å². The highest BCUT2D eigenvalue weighted by molar-refractivity contribution is 7.91. The third-order valence-electron chi connectivity index (χ3n) is 5.41. The Morgan fingerprint density at radius 1 is 1.11 bits per heavy atom. The minimum absolute atomic E-state index is 0.000807. The molecule has 0 spiro atoms. The molecule has 4 nitrogen and oxygen atoms in total. The molecule has 3 rings (SSSR count). The number of sulfone groups is 1. The van der Waals surface area contributed by atoms with Crippen LogP contribution in [0.1, 0.15) is 25.3 Å². The number of ether oxygens (including phenoxy) is 1. The van der Waals surface area contributed by atoms with E-state index in [0.29, 0.717) is 10.9 Å². The van der Waals surface area contributed by atoms with Crippen molar-refractivity contribution < 1.29 is 13.2 Å². The molecule has 1 aliphatic rings. The number of rotatable bonds is 8. The van der Waals surface area contributed by atoms with Crippen LogP contribution in [-0.2, 0) is 21.0 Å². The second kappa shape index (κ2) is 9.00. The predicted molar refractivity (Wildman–Crippen MR) is 110 cm³/mol. The summed E-state index contributed by atoms with van der Waals surface area (Å²) in [4.78, 5) is 2.91. The zero-order chi connectivity index (χ0) is 19.3. The fraction of sp³-hybridized carbons (Fsp3) is 0.455. The van der Waals surface area contributed by atoms with Gasteiger partial charge in [-0.1, -0.05) is 36.4 Å². The van der Waals surface area contributed by atoms with Gasteiger partial charge in [-0.15, -0.1) is 0 Å². The highest BCUT2D eigenvalue weighted by Gasteiger charge is 2.19. The lowest BCUT2D eigenvalue weighted by Gasteiger charge is -2.20. The van der Waals surface area contributed by atoms with Crippen LogP contribution in [0.15, 0.2) is 53.4 Å². The molecule has 0 unspecified atom stereocenters. The van der Waals surface area contributed by atoms with E-state index in [-0.39, 0.29) is 12.4 Å². The van der Waals surface area contributed by atoms with Gasteiger partial charge in [0.25, 0.3) is 0 Å². The van der Waals surface area contributed by atoms with Crippen molar-refractivity contribution in [3.63, 3.8) is 0 Å². The molecule has 1 saturated heterocycles. The molecule has 0 bridgehead atoms. The first kappa shape index (κ1) is 20.1. The van der Waals surface area contributed by atoms with Crippen molar-refractivity contribution in [3.8, 4) is 11.1 Å². The van der Waals surface area contributed by atoms with Crippen LogP contribution in [-0.4, -0.2) is 51.9 Å². The second-order valence-corrected chi connectivity index (χ2v) is 9.42. The normalized spacial score (nSPS) is 18.1. The number of nitrogens with zero attached hydrogens (tertiary/aromatic N) is 1. The van der Waals surface area contributed by atoms with Gasteiger partial charge in [-0.05, 0) is 61.6 Å². The van der Waals surface area contributed by atoms with Gasteiger partial charge in [-0.3, -0.25) is 0 Å². The van der Waals surface area contributed by atoms with E-state index >= 15 is 0 Å². The standard InChI is InChI=1S/C22H29NO3S/c1-18-5-4-13-23(18)14-12-19-8-10-20(11-9-19)21-6-3-7-22(17-21)27(24,25)16-15-26-2/h3,6-11,17-18H,4-5,12-16H2,1-2H3/t18-/m1/s1. The summed E-state index contributed by atoms with van der Waals surface area (Å²) < 4.78 is 29.7. The molecule has 146 valence electrons. The van der Waals surface area contributed by atoms with E-state index in [1.807, 2.05) is 6.07 Å². The summed E-state index contributed by atoms with van der Waals surface area (Å²) in [6, 6.07) is 16.4. The monoisotopic (exact) mass is 387 g/mol. The maximum atomic E-state index is 12.4. The summed E-state index contributed by atoms with van der Waals surface area (Å²) >= 11 is 0. The molecule has 1 heterocycles. The smallest absolute Gasteiger partial charge is 0.180 e. The van der Waals surface area contributed by atoms with E-state index in [2.05, 4.69) is 36.1 Å². The van der Waals surface area contributed by atoms with Crippen LogP contribution in [0.4, 0.5) is 0 Å². The van der Waals surface area contributed by atoms with Crippen molar-refractivity contribution in [2.45, 2.75) is 37.1 Å². The van der Waals surface area contributed by atoms with Gasteiger partial charge in [0.05, 0.1) is 17.3 Å². The van der Waals surface area contributed by atoms with Gasteiger partial charge in [0.1, 0.15) is 0 Å². The van der Waals surface area contributed by atoms with Gasteiger partial charge in [0, 0.05) is 19.7 Å². The SMILES string of the molecule is COCCS(=O)(=O)c1cccc(-c2ccc(CCN3CCC[C@H]3C)cc2)c1. The number of hydrogen-bond acceptors (Lipinski definition) is 4. The molecule has 0 N–H and O–H groups in total. The molecule has 0 aromatic heterocycles. The molecule has 0 aliphatic carbocycles. The average Bonchev–Trinajstić information content (AvgIpc) is 3.10. The fourth-order valence-electron chi connectivity index (χ4n) is 3.64. The van der Waals surface area contributed by atoms with Crippen molar-refractivity contribution in [1.82, 2.24) is 4.90 Å². The quantitative estimate of drug-likeness (QED) is 0.691. The van der Waals surface area contributed by atoms with Crippen LogP contribution >= 0.6 is 0 Å². The molecular weight excluding hydrogens is 358 g/mol. The van der Waals surface area contributed by atoms with E-state index in [0.717, 1.165) is 24.1 Å². The maximum Gasteiger partial charge on any atom is 0.180 e. The zero-order valence-corrected chi connectivity index (χ0v) is 17.0. The van der Waals surface area contributed by atoms with Crippen molar-refractivity contribution in [3.05, 3.63) is 54.1 Å². The topological polar surface area (TPSA) is 46.6 Å². The molecule has 27 heavy (non-hydrogen) atoms. The zero-order valence-electron chi connectivity index (χ0n) is 16.2. The van der Waals surface area contributed by atoms with E-state index in [1.54, 1.807) is 18.2 Å². The molecule has 2 aromatic rings. The molecule has 0 amide bonds. The summed E-state index contributed by atoms with van der Waals surface area (Å²) in [6.07, 6.45) is 3.67. The fourth-order valence-corrected chi connectivity index (χ4v) is 4.86. The van der Waals surface area contributed by atoms with Gasteiger partial charge < -0.3 is 9.64 Å². The van der Waals surface area contributed by atoms with Crippen LogP contribution in [0, 0.1) is 0 Å². The number of likely N-dealkylation sites (tertiary alicyclic amines) is 1. The van der Waals surface area contributed by atoms with Crippen LogP contribution in [0.25, 0.3) is 11.1 Å². The Bertz CT molecular complexity index is 846. The molecular formula is C22H29NO3S. The molecule has 2 aromatic carbocycles. The van der Waals surface area contributed by atoms with E-state index < -0.39 is 9.84 Å². The molecule has 0 saturated carbocycles. The van der Waals surface area contributed by atoms with Gasteiger partial charge in [-0.25, -0.2) is 8.42 Å². The summed E-state index contributed by atoms with van der Waals surface area (Å²) in [5.41, 5.74) is 3.28. The Morgan fingerprint density at radius 2 is 1.89 bits per heavy atom. The predicted octanol–water partition coefficient (Wildman–Crippen LogP) is 3.80. The largest absolute Gasteiger partial charge is 0.384 e. The summed E-state index contributed by atoms with van der Waals surface area (Å²) in [6.45, 7) is 4.83. The molecule has 5 heteroatoms. The van der Waals surface area contributed by atoms with Crippen LogP contribution in [0.5, 0.6) is 0 Å². The number of benzene rings is 2. The lowest BCUT2D eigenvalue weighted by molar-refractivity contribution is 0.217. The highest BCUT2D eigenvalue weighted by atomic mass is 32.2. The van der Waals surface area contributed by atoms with Crippen LogP contribution in [0.2, 0.25) is 0 Å².